The average molecular weight is 334 g/mol. The van der Waals surface area contributed by atoms with Gasteiger partial charge in [-0.15, -0.1) is 0 Å². The van der Waals surface area contributed by atoms with Gasteiger partial charge in [-0.1, -0.05) is 6.07 Å². The summed E-state index contributed by atoms with van der Waals surface area (Å²) in [6.07, 6.45) is 0.249. The number of ketones is 1. The van der Waals surface area contributed by atoms with Gasteiger partial charge in [0, 0.05) is 18.8 Å². The van der Waals surface area contributed by atoms with Gasteiger partial charge in [-0.2, -0.15) is 0 Å². The number of carbonyl (C=O) groups excluding carboxylic acids is 3. The highest BCUT2D eigenvalue weighted by atomic mass is 16.7. The minimum atomic E-state index is -1.54. The van der Waals surface area contributed by atoms with Gasteiger partial charge in [-0.25, -0.2) is 0 Å². The molecule has 1 aromatic carbocycles. The van der Waals surface area contributed by atoms with E-state index >= 15 is 0 Å². The van der Waals surface area contributed by atoms with Gasteiger partial charge in [0.25, 0.3) is 0 Å². The van der Waals surface area contributed by atoms with Crippen molar-refractivity contribution < 1.29 is 33.3 Å². The van der Waals surface area contributed by atoms with Crippen molar-refractivity contribution in [3.05, 3.63) is 23.8 Å². The third kappa shape index (κ3) is 2.40. The highest BCUT2D eigenvalue weighted by molar-refractivity contribution is 6.03. The van der Waals surface area contributed by atoms with E-state index in [1.54, 1.807) is 18.2 Å². The van der Waals surface area contributed by atoms with Gasteiger partial charge in [0.05, 0.1) is 14.2 Å². The van der Waals surface area contributed by atoms with E-state index in [9.17, 15) is 14.4 Å². The second-order valence-electron chi connectivity index (χ2n) is 5.86. The summed E-state index contributed by atoms with van der Waals surface area (Å²) in [5.41, 5.74) is -0.895. The first-order valence-corrected chi connectivity index (χ1v) is 7.61. The number of esters is 2. The van der Waals surface area contributed by atoms with Crippen molar-refractivity contribution in [2.24, 2.45) is 5.41 Å². The Hall–Kier alpha value is -2.57. The molecule has 3 rings (SSSR count). The van der Waals surface area contributed by atoms with E-state index in [-0.39, 0.29) is 31.8 Å². The summed E-state index contributed by atoms with van der Waals surface area (Å²) in [6.45, 7) is 0.113. The SMILES string of the molecule is COC(=O)C1(C(=O)OC)CCC(=O)C[C@H]1c1ccc2c(c1)OCO2. The standard InChI is InChI=1S/C17H18O7/c1-21-15(19)17(16(20)22-2)6-5-11(18)8-12(17)10-3-4-13-14(7-10)24-9-23-13/h3-4,7,12H,5-6,8-9H2,1-2H3/t12-/m0/s1. The Balaban J connectivity index is 2.10. The molecule has 1 aliphatic heterocycles. The minimum Gasteiger partial charge on any atom is -0.468 e. The normalized spacial score (nSPS) is 21.2. The monoisotopic (exact) mass is 334 g/mol. The molecule has 1 atom stereocenters. The third-order valence-electron chi connectivity index (χ3n) is 4.72. The fourth-order valence-corrected chi connectivity index (χ4v) is 3.48. The number of Topliss-reactive ketones (excluding diaryl/α,β-unsaturated/α-hetero) is 1. The van der Waals surface area contributed by atoms with Crippen LogP contribution in [-0.2, 0) is 23.9 Å². The number of benzene rings is 1. The van der Waals surface area contributed by atoms with Crippen LogP contribution in [-0.4, -0.2) is 38.7 Å². The zero-order chi connectivity index (χ0) is 17.3. The number of carbonyl (C=O) groups is 3. The largest absolute Gasteiger partial charge is 0.468 e. The van der Waals surface area contributed by atoms with Gasteiger partial charge in [0.15, 0.2) is 16.9 Å². The number of hydrogen-bond donors (Lipinski definition) is 0. The Kier molecular flexibility index (Phi) is 4.17. The van der Waals surface area contributed by atoms with Gasteiger partial charge < -0.3 is 18.9 Å². The molecule has 0 radical (unpaired) electrons. The second kappa shape index (κ2) is 6.14. The lowest BCUT2D eigenvalue weighted by Gasteiger charge is -2.38. The highest BCUT2D eigenvalue weighted by Gasteiger charge is 2.57. The third-order valence-corrected chi connectivity index (χ3v) is 4.72. The molecule has 7 nitrogen and oxygen atoms in total. The number of hydrogen-bond acceptors (Lipinski definition) is 7. The topological polar surface area (TPSA) is 88.1 Å². The molecule has 0 saturated heterocycles. The first kappa shape index (κ1) is 16.3. The molecule has 24 heavy (non-hydrogen) atoms. The van der Waals surface area contributed by atoms with Gasteiger partial charge in [-0.05, 0) is 24.1 Å². The van der Waals surface area contributed by atoms with Crippen LogP contribution in [0.5, 0.6) is 11.5 Å². The molecule has 1 heterocycles. The van der Waals surface area contributed by atoms with Crippen molar-refractivity contribution in [1.29, 1.82) is 0 Å². The Morgan fingerprint density at radius 2 is 1.79 bits per heavy atom. The van der Waals surface area contributed by atoms with Crippen LogP contribution in [0.15, 0.2) is 18.2 Å². The first-order chi connectivity index (χ1) is 11.5. The molecule has 0 unspecified atom stereocenters. The summed E-state index contributed by atoms with van der Waals surface area (Å²) in [7, 11) is 2.44. The number of rotatable bonds is 3. The summed E-state index contributed by atoms with van der Waals surface area (Å²) in [6, 6.07) is 5.14. The van der Waals surface area contributed by atoms with Crippen molar-refractivity contribution in [2.75, 3.05) is 21.0 Å². The van der Waals surface area contributed by atoms with E-state index in [1.165, 1.54) is 14.2 Å². The second-order valence-corrected chi connectivity index (χ2v) is 5.86. The van der Waals surface area contributed by atoms with Gasteiger partial charge in [0.2, 0.25) is 6.79 Å². The molecule has 1 saturated carbocycles. The zero-order valence-electron chi connectivity index (χ0n) is 13.5. The Labute approximate surface area is 138 Å². The number of ether oxygens (including phenoxy) is 4. The van der Waals surface area contributed by atoms with Crippen LogP contribution in [0.25, 0.3) is 0 Å². The minimum absolute atomic E-state index is 0.0129. The van der Waals surface area contributed by atoms with Crippen molar-refractivity contribution in [3.8, 4) is 11.5 Å². The van der Waals surface area contributed by atoms with E-state index in [0.717, 1.165) is 0 Å². The molecule has 0 spiro atoms. The molecule has 128 valence electrons. The van der Waals surface area contributed by atoms with Crippen LogP contribution in [0, 0.1) is 5.41 Å². The smallest absolute Gasteiger partial charge is 0.323 e. The van der Waals surface area contributed by atoms with Crippen LogP contribution in [0.1, 0.15) is 30.7 Å². The fraction of sp³-hybridized carbons (Fsp3) is 0.471. The van der Waals surface area contributed by atoms with E-state index in [2.05, 4.69) is 0 Å². The summed E-state index contributed by atoms with van der Waals surface area (Å²) in [5, 5.41) is 0. The molecule has 0 N–H and O–H groups in total. The van der Waals surface area contributed by atoms with Crippen LogP contribution in [0.4, 0.5) is 0 Å². The lowest BCUT2D eigenvalue weighted by molar-refractivity contribution is -0.173. The van der Waals surface area contributed by atoms with E-state index in [0.29, 0.717) is 17.1 Å². The van der Waals surface area contributed by atoms with Gasteiger partial charge in [0.1, 0.15) is 5.78 Å². The molecule has 1 fully saturated rings. The maximum Gasteiger partial charge on any atom is 0.323 e. The predicted octanol–water partition coefficient (Wildman–Crippen LogP) is 1.58. The zero-order valence-corrected chi connectivity index (χ0v) is 13.5. The van der Waals surface area contributed by atoms with Crippen molar-refractivity contribution in [3.63, 3.8) is 0 Å². The van der Waals surface area contributed by atoms with Crippen molar-refractivity contribution >= 4 is 17.7 Å². The molecular formula is C17H18O7. The summed E-state index contributed by atoms with van der Waals surface area (Å²) in [5.74, 6) is -0.958. The molecule has 1 aromatic rings. The number of fused-ring (bicyclic) bond motifs is 1. The molecule has 2 aliphatic rings. The van der Waals surface area contributed by atoms with Crippen LogP contribution in [0.3, 0.4) is 0 Å². The van der Waals surface area contributed by atoms with Crippen molar-refractivity contribution in [1.82, 2.24) is 0 Å². The quantitative estimate of drug-likeness (QED) is 0.612. The van der Waals surface area contributed by atoms with Crippen molar-refractivity contribution in [2.45, 2.75) is 25.2 Å². The Bertz CT molecular complexity index is 678. The van der Waals surface area contributed by atoms with Gasteiger partial charge in [-0.3, -0.25) is 14.4 Å². The molecule has 1 aliphatic carbocycles. The van der Waals surface area contributed by atoms with E-state index < -0.39 is 23.3 Å². The lowest BCUT2D eigenvalue weighted by Crippen LogP contribution is -2.49. The van der Waals surface area contributed by atoms with E-state index in [4.69, 9.17) is 18.9 Å². The maximum absolute atomic E-state index is 12.5. The number of methoxy groups -OCH3 is 2. The van der Waals surface area contributed by atoms with Crippen LogP contribution in [0.2, 0.25) is 0 Å². The summed E-state index contributed by atoms with van der Waals surface area (Å²) in [4.78, 5) is 37.1. The summed E-state index contributed by atoms with van der Waals surface area (Å²) >= 11 is 0. The van der Waals surface area contributed by atoms with E-state index in [1.807, 2.05) is 0 Å². The fourth-order valence-electron chi connectivity index (χ4n) is 3.48. The van der Waals surface area contributed by atoms with Crippen LogP contribution >= 0.6 is 0 Å². The lowest BCUT2D eigenvalue weighted by atomic mass is 9.63. The molecule has 7 heteroatoms. The molecule has 0 aromatic heterocycles. The molecule has 0 amide bonds. The molecular weight excluding hydrogens is 316 g/mol. The summed E-state index contributed by atoms with van der Waals surface area (Å²) < 4.78 is 20.4. The predicted molar refractivity (Wildman–Crippen MR) is 80.6 cm³/mol. The Morgan fingerprint density at radius 1 is 1.12 bits per heavy atom. The molecule has 0 bridgehead atoms. The Morgan fingerprint density at radius 3 is 2.46 bits per heavy atom. The first-order valence-electron chi connectivity index (χ1n) is 7.61. The van der Waals surface area contributed by atoms with Gasteiger partial charge >= 0.3 is 11.9 Å². The average Bonchev–Trinajstić information content (AvgIpc) is 3.08. The maximum atomic E-state index is 12.5. The van der Waals surface area contributed by atoms with Crippen LogP contribution < -0.4 is 9.47 Å². The highest BCUT2D eigenvalue weighted by Crippen LogP contribution is 2.49.